The Labute approximate surface area is 120 Å². The number of hydrogen-bond donors (Lipinski definition) is 0. The smallest absolute Gasteiger partial charge is 0.382 e. The summed E-state index contributed by atoms with van der Waals surface area (Å²) in [6, 6.07) is 6.17. The first-order valence-corrected chi connectivity index (χ1v) is 7.37. The molecule has 1 heterocycles. The van der Waals surface area contributed by atoms with Gasteiger partial charge in [-0.25, -0.2) is 4.79 Å². The third-order valence-electron chi connectivity index (χ3n) is 3.32. The molecule has 0 amide bonds. The molecule has 0 aliphatic carbocycles. The van der Waals surface area contributed by atoms with E-state index in [9.17, 15) is 4.79 Å². The summed E-state index contributed by atoms with van der Waals surface area (Å²) in [6.45, 7) is 4.50. The van der Waals surface area contributed by atoms with Gasteiger partial charge in [-0.05, 0) is 36.8 Å². The highest BCUT2D eigenvalue weighted by Gasteiger charge is 2.29. The molecule has 1 aliphatic heterocycles. The largest absolute Gasteiger partial charge is 0.478 e. The summed E-state index contributed by atoms with van der Waals surface area (Å²) in [5, 5.41) is 0. The molecule has 0 saturated heterocycles. The number of fused-ring (bicyclic) bond motifs is 1. The summed E-state index contributed by atoms with van der Waals surface area (Å²) >= 11 is 0. The normalized spacial score (nSPS) is 17.2. The molecule has 0 spiro atoms. The van der Waals surface area contributed by atoms with E-state index in [1.165, 1.54) is 5.56 Å². The minimum Gasteiger partial charge on any atom is -0.478 e. The first kappa shape index (κ1) is 14.9. The number of aryl methyl sites for hydroxylation is 2. The van der Waals surface area contributed by atoms with E-state index in [-0.39, 0.29) is 0 Å². The van der Waals surface area contributed by atoms with Crippen LogP contribution in [0.1, 0.15) is 44.2 Å². The Hall–Kier alpha value is -1.55. The quantitative estimate of drug-likeness (QED) is 0.455. The van der Waals surface area contributed by atoms with Gasteiger partial charge in [0.2, 0.25) is 0 Å². The Morgan fingerprint density at radius 2 is 2.20 bits per heavy atom. The van der Waals surface area contributed by atoms with Crippen molar-refractivity contribution in [1.29, 1.82) is 0 Å². The van der Waals surface area contributed by atoms with Crippen molar-refractivity contribution in [2.75, 3.05) is 6.61 Å². The van der Waals surface area contributed by atoms with Crippen LogP contribution in [0, 0.1) is 0 Å². The second kappa shape index (κ2) is 7.29. The Balaban J connectivity index is 2.03. The highest BCUT2D eigenvalue weighted by molar-refractivity contribution is 5.75. The van der Waals surface area contributed by atoms with E-state index in [0.717, 1.165) is 37.0 Å². The molecule has 0 N–H and O–H groups in total. The predicted octanol–water partition coefficient (Wildman–Crippen LogP) is 3.22. The zero-order valence-electron chi connectivity index (χ0n) is 12.2. The number of rotatable bonds is 6. The van der Waals surface area contributed by atoms with Crippen LogP contribution in [0.4, 0.5) is 0 Å². The van der Waals surface area contributed by atoms with Gasteiger partial charge in [-0.3, -0.25) is 4.89 Å². The van der Waals surface area contributed by atoms with Gasteiger partial charge in [-0.1, -0.05) is 38.5 Å². The molecular formula is C16H22O4. The molecule has 1 aromatic carbocycles. The fraction of sp³-hybridized carbons (Fsp3) is 0.562. The van der Waals surface area contributed by atoms with Crippen LogP contribution in [0.2, 0.25) is 0 Å². The highest BCUT2D eigenvalue weighted by atomic mass is 17.2. The molecule has 1 atom stereocenters. The molecule has 110 valence electrons. The van der Waals surface area contributed by atoms with Crippen molar-refractivity contribution in [3.8, 4) is 5.75 Å². The molecule has 1 unspecified atom stereocenters. The number of ether oxygens (including phenoxy) is 1. The summed E-state index contributed by atoms with van der Waals surface area (Å²) in [5.41, 5.74) is 2.34. The lowest BCUT2D eigenvalue weighted by Crippen LogP contribution is -2.33. The van der Waals surface area contributed by atoms with Crippen molar-refractivity contribution in [1.82, 2.24) is 0 Å². The molecule has 4 heteroatoms. The molecule has 20 heavy (non-hydrogen) atoms. The van der Waals surface area contributed by atoms with Gasteiger partial charge in [0.25, 0.3) is 0 Å². The monoisotopic (exact) mass is 278 g/mol. The molecule has 0 radical (unpaired) electrons. The zero-order valence-corrected chi connectivity index (χ0v) is 12.2. The molecule has 0 fully saturated rings. The van der Waals surface area contributed by atoms with E-state index in [4.69, 9.17) is 14.5 Å². The topological polar surface area (TPSA) is 44.8 Å². The summed E-state index contributed by atoms with van der Waals surface area (Å²) in [7, 11) is 0. The SMILES string of the molecule is CCCOOC(=O)C1CCc2cccc(CCC)c2O1. The van der Waals surface area contributed by atoms with Crippen molar-refractivity contribution in [3.63, 3.8) is 0 Å². The van der Waals surface area contributed by atoms with Crippen molar-refractivity contribution >= 4 is 5.97 Å². The lowest BCUT2D eigenvalue weighted by Gasteiger charge is -2.26. The third-order valence-corrected chi connectivity index (χ3v) is 3.32. The van der Waals surface area contributed by atoms with Crippen LogP contribution in [0.15, 0.2) is 18.2 Å². The fourth-order valence-electron chi connectivity index (χ4n) is 2.34. The summed E-state index contributed by atoms with van der Waals surface area (Å²) < 4.78 is 5.85. The van der Waals surface area contributed by atoms with Crippen LogP contribution < -0.4 is 4.74 Å². The molecule has 0 saturated carbocycles. The van der Waals surface area contributed by atoms with Crippen molar-refractivity contribution in [2.24, 2.45) is 0 Å². The van der Waals surface area contributed by atoms with Crippen molar-refractivity contribution < 1.29 is 19.3 Å². The van der Waals surface area contributed by atoms with Crippen LogP contribution in [0.5, 0.6) is 5.75 Å². The number of carbonyl (C=O) groups excluding carboxylic acids is 1. The minimum atomic E-state index is -0.558. The lowest BCUT2D eigenvalue weighted by molar-refractivity contribution is -0.277. The van der Waals surface area contributed by atoms with Gasteiger partial charge in [0, 0.05) is 0 Å². The highest BCUT2D eigenvalue weighted by Crippen LogP contribution is 2.32. The van der Waals surface area contributed by atoms with Crippen LogP contribution in [-0.2, 0) is 27.4 Å². The van der Waals surface area contributed by atoms with Gasteiger partial charge in [0.15, 0.2) is 6.10 Å². The van der Waals surface area contributed by atoms with E-state index < -0.39 is 12.1 Å². The van der Waals surface area contributed by atoms with E-state index in [1.54, 1.807) is 0 Å². The molecule has 1 aliphatic rings. The minimum absolute atomic E-state index is 0.413. The van der Waals surface area contributed by atoms with Gasteiger partial charge in [0.1, 0.15) is 5.75 Å². The first-order chi connectivity index (χ1) is 9.76. The molecule has 0 aromatic heterocycles. The van der Waals surface area contributed by atoms with E-state index in [0.29, 0.717) is 13.0 Å². The first-order valence-electron chi connectivity index (χ1n) is 7.37. The number of para-hydroxylation sites is 1. The average Bonchev–Trinajstić information content (AvgIpc) is 2.47. The van der Waals surface area contributed by atoms with E-state index >= 15 is 0 Å². The Bertz CT molecular complexity index is 456. The van der Waals surface area contributed by atoms with Crippen molar-refractivity contribution in [3.05, 3.63) is 29.3 Å². The molecular weight excluding hydrogens is 256 g/mol. The van der Waals surface area contributed by atoms with Gasteiger partial charge in [-0.15, -0.1) is 0 Å². The Morgan fingerprint density at radius 1 is 1.35 bits per heavy atom. The molecule has 2 rings (SSSR count). The maximum absolute atomic E-state index is 11.9. The molecule has 4 nitrogen and oxygen atoms in total. The van der Waals surface area contributed by atoms with Gasteiger partial charge in [0.05, 0.1) is 6.61 Å². The summed E-state index contributed by atoms with van der Waals surface area (Å²) in [5.74, 6) is 0.424. The van der Waals surface area contributed by atoms with Crippen LogP contribution in [0.3, 0.4) is 0 Å². The van der Waals surface area contributed by atoms with Crippen LogP contribution in [-0.4, -0.2) is 18.7 Å². The van der Waals surface area contributed by atoms with Crippen LogP contribution in [0.25, 0.3) is 0 Å². The van der Waals surface area contributed by atoms with Gasteiger partial charge < -0.3 is 4.74 Å². The maximum Gasteiger partial charge on any atom is 0.382 e. The summed E-state index contributed by atoms with van der Waals surface area (Å²) in [6.07, 6.45) is 3.73. The Kier molecular flexibility index (Phi) is 5.41. The van der Waals surface area contributed by atoms with Gasteiger partial charge in [-0.2, -0.15) is 4.89 Å². The Morgan fingerprint density at radius 3 is 2.95 bits per heavy atom. The lowest BCUT2D eigenvalue weighted by atomic mass is 9.97. The molecule has 1 aromatic rings. The van der Waals surface area contributed by atoms with E-state index in [2.05, 4.69) is 25.1 Å². The van der Waals surface area contributed by atoms with E-state index in [1.807, 2.05) is 6.92 Å². The second-order valence-electron chi connectivity index (χ2n) is 5.02. The van der Waals surface area contributed by atoms with Crippen molar-refractivity contribution in [2.45, 2.75) is 52.1 Å². The second-order valence-corrected chi connectivity index (χ2v) is 5.02. The third kappa shape index (κ3) is 3.51. The number of hydrogen-bond acceptors (Lipinski definition) is 4. The maximum atomic E-state index is 11.9. The average molecular weight is 278 g/mol. The van der Waals surface area contributed by atoms with Crippen LogP contribution >= 0.6 is 0 Å². The van der Waals surface area contributed by atoms with Gasteiger partial charge >= 0.3 is 5.97 Å². The zero-order chi connectivity index (χ0) is 14.4. The molecule has 0 bridgehead atoms. The standard InChI is InChI=1S/C16H22O4/c1-3-6-12-7-5-8-13-9-10-14(19-15(12)13)16(17)20-18-11-4-2/h5,7-8,14H,3-4,6,9-11H2,1-2H3. The fourth-order valence-corrected chi connectivity index (χ4v) is 2.34. The summed E-state index contributed by atoms with van der Waals surface area (Å²) in [4.78, 5) is 21.5. The number of benzene rings is 1. The number of carbonyl (C=O) groups is 1. The predicted molar refractivity (Wildman–Crippen MR) is 75.5 cm³/mol.